The first kappa shape index (κ1) is 16.7. The second kappa shape index (κ2) is 6.60. The van der Waals surface area contributed by atoms with E-state index in [0.29, 0.717) is 11.3 Å². The lowest BCUT2D eigenvalue weighted by atomic mass is 10.1. The molecule has 1 N–H and O–H groups in total. The largest absolute Gasteiger partial charge is 0.493 e. The molecule has 0 saturated carbocycles. The van der Waals surface area contributed by atoms with Crippen LogP contribution in [0, 0.1) is 0 Å². The molecule has 2 aromatic rings. The second-order valence-corrected chi connectivity index (χ2v) is 4.65. The molecule has 4 nitrogen and oxygen atoms in total. The monoisotopic (exact) mass is 326 g/mol. The van der Waals surface area contributed by atoms with Gasteiger partial charge in [0.05, 0.1) is 18.2 Å². The minimum absolute atomic E-state index is 0.0287. The van der Waals surface area contributed by atoms with Gasteiger partial charge in [-0.1, -0.05) is 12.1 Å². The van der Waals surface area contributed by atoms with Gasteiger partial charge in [-0.15, -0.1) is 0 Å². The maximum atomic E-state index is 12.5. The van der Waals surface area contributed by atoms with E-state index in [1.54, 1.807) is 0 Å². The van der Waals surface area contributed by atoms with Crippen LogP contribution in [0.25, 0.3) is 0 Å². The molecule has 0 unspecified atom stereocenters. The summed E-state index contributed by atoms with van der Waals surface area (Å²) in [6.45, 7) is 0.0287. The van der Waals surface area contributed by atoms with Crippen LogP contribution in [0.4, 0.5) is 13.2 Å². The van der Waals surface area contributed by atoms with Crippen molar-refractivity contribution in [1.82, 2.24) is 0 Å². The lowest BCUT2D eigenvalue weighted by Crippen LogP contribution is -2.05. The molecule has 7 heteroatoms. The Balaban J connectivity index is 2.10. The van der Waals surface area contributed by atoms with Crippen molar-refractivity contribution < 1.29 is 32.5 Å². The van der Waals surface area contributed by atoms with Gasteiger partial charge in [-0.05, 0) is 35.9 Å². The lowest BCUT2D eigenvalue weighted by Gasteiger charge is -2.12. The Morgan fingerprint density at radius 1 is 1.09 bits per heavy atom. The number of benzene rings is 2. The number of hydrogen-bond acceptors (Lipinski definition) is 3. The van der Waals surface area contributed by atoms with E-state index < -0.39 is 17.7 Å². The molecule has 0 aliphatic carbocycles. The van der Waals surface area contributed by atoms with E-state index in [-0.39, 0.29) is 17.9 Å². The third-order valence-electron chi connectivity index (χ3n) is 3.09. The van der Waals surface area contributed by atoms with Crippen molar-refractivity contribution in [2.75, 3.05) is 7.11 Å². The molecule has 2 aromatic carbocycles. The quantitative estimate of drug-likeness (QED) is 0.902. The molecular weight excluding hydrogens is 313 g/mol. The SMILES string of the molecule is COc1cc(C(=O)O)ccc1OCc1ccc(C(F)(F)F)cc1. The third kappa shape index (κ3) is 4.15. The van der Waals surface area contributed by atoms with Crippen LogP contribution in [-0.4, -0.2) is 18.2 Å². The fraction of sp³-hybridized carbons (Fsp3) is 0.188. The van der Waals surface area contributed by atoms with Crippen LogP contribution in [0.3, 0.4) is 0 Å². The van der Waals surface area contributed by atoms with Crippen LogP contribution < -0.4 is 9.47 Å². The summed E-state index contributed by atoms with van der Waals surface area (Å²) >= 11 is 0. The maximum Gasteiger partial charge on any atom is 0.416 e. The minimum atomic E-state index is -4.38. The average molecular weight is 326 g/mol. The summed E-state index contributed by atoms with van der Waals surface area (Å²) in [5.41, 5.74) is -0.143. The Kier molecular flexibility index (Phi) is 4.78. The van der Waals surface area contributed by atoms with Gasteiger partial charge in [0, 0.05) is 0 Å². The van der Waals surface area contributed by atoms with Crippen LogP contribution in [0.2, 0.25) is 0 Å². The molecule has 0 aliphatic heterocycles. The number of alkyl halides is 3. The Labute approximate surface area is 130 Å². The van der Waals surface area contributed by atoms with Crippen molar-refractivity contribution in [3.8, 4) is 11.5 Å². The molecule has 0 radical (unpaired) electrons. The first-order valence-corrected chi connectivity index (χ1v) is 6.51. The Morgan fingerprint density at radius 3 is 2.26 bits per heavy atom. The minimum Gasteiger partial charge on any atom is -0.493 e. The fourth-order valence-electron chi connectivity index (χ4n) is 1.87. The summed E-state index contributed by atoms with van der Waals surface area (Å²) in [7, 11) is 1.37. The molecule has 0 fully saturated rings. The van der Waals surface area contributed by atoms with Crippen molar-refractivity contribution in [2.24, 2.45) is 0 Å². The molecule has 23 heavy (non-hydrogen) atoms. The molecule has 0 aliphatic rings. The molecular formula is C16H13F3O4. The van der Waals surface area contributed by atoms with Gasteiger partial charge in [-0.3, -0.25) is 0 Å². The maximum absolute atomic E-state index is 12.5. The highest BCUT2D eigenvalue weighted by molar-refractivity contribution is 5.88. The van der Waals surface area contributed by atoms with Crippen molar-refractivity contribution >= 4 is 5.97 Å². The number of hydrogen-bond donors (Lipinski definition) is 1. The van der Waals surface area contributed by atoms with Crippen LogP contribution in [0.1, 0.15) is 21.5 Å². The number of halogens is 3. The van der Waals surface area contributed by atoms with Crippen LogP contribution in [0.5, 0.6) is 11.5 Å². The van der Waals surface area contributed by atoms with Crippen molar-refractivity contribution in [2.45, 2.75) is 12.8 Å². The summed E-state index contributed by atoms with van der Waals surface area (Å²) in [6, 6.07) is 8.69. The van der Waals surface area contributed by atoms with E-state index in [2.05, 4.69) is 0 Å². The Bertz CT molecular complexity index is 693. The summed E-state index contributed by atoms with van der Waals surface area (Å²) in [5.74, 6) is -0.563. The number of carboxylic acid groups (broad SMARTS) is 1. The molecule has 0 atom stereocenters. The standard InChI is InChI=1S/C16H13F3O4/c1-22-14-8-11(15(20)21)4-7-13(14)23-9-10-2-5-12(6-3-10)16(17,18)19/h2-8H,9H2,1H3,(H,20,21). The van der Waals surface area contributed by atoms with Gasteiger partial charge < -0.3 is 14.6 Å². The zero-order chi connectivity index (χ0) is 17.0. The second-order valence-electron chi connectivity index (χ2n) is 4.65. The zero-order valence-corrected chi connectivity index (χ0v) is 12.1. The molecule has 0 heterocycles. The summed E-state index contributed by atoms with van der Waals surface area (Å²) in [4.78, 5) is 10.9. The summed E-state index contributed by atoms with van der Waals surface area (Å²) in [5, 5.41) is 8.91. The highest BCUT2D eigenvalue weighted by Crippen LogP contribution is 2.31. The molecule has 122 valence electrons. The predicted molar refractivity (Wildman–Crippen MR) is 75.7 cm³/mol. The summed E-state index contributed by atoms with van der Waals surface area (Å²) in [6.07, 6.45) is -4.38. The first-order chi connectivity index (χ1) is 10.8. The number of carbonyl (C=O) groups is 1. The van der Waals surface area contributed by atoms with Gasteiger partial charge in [-0.2, -0.15) is 13.2 Å². The highest BCUT2D eigenvalue weighted by atomic mass is 19.4. The van der Waals surface area contributed by atoms with E-state index in [1.807, 2.05) is 0 Å². The summed E-state index contributed by atoms with van der Waals surface area (Å²) < 4.78 is 48.0. The molecule has 0 spiro atoms. The van der Waals surface area contributed by atoms with E-state index >= 15 is 0 Å². The Hall–Kier alpha value is -2.70. The van der Waals surface area contributed by atoms with Crippen molar-refractivity contribution in [3.63, 3.8) is 0 Å². The Morgan fingerprint density at radius 2 is 1.74 bits per heavy atom. The average Bonchev–Trinajstić information content (AvgIpc) is 2.52. The van der Waals surface area contributed by atoms with Gasteiger partial charge in [0.2, 0.25) is 0 Å². The third-order valence-corrected chi connectivity index (χ3v) is 3.09. The van der Waals surface area contributed by atoms with Crippen LogP contribution in [0.15, 0.2) is 42.5 Å². The number of ether oxygens (including phenoxy) is 2. The molecule has 0 bridgehead atoms. The predicted octanol–water partition coefficient (Wildman–Crippen LogP) is 3.99. The number of aromatic carboxylic acids is 1. The molecule has 0 amide bonds. The topological polar surface area (TPSA) is 55.8 Å². The highest BCUT2D eigenvalue weighted by Gasteiger charge is 2.29. The van der Waals surface area contributed by atoms with Gasteiger partial charge in [-0.25, -0.2) is 4.79 Å². The number of methoxy groups -OCH3 is 1. The normalized spacial score (nSPS) is 11.1. The lowest BCUT2D eigenvalue weighted by molar-refractivity contribution is -0.137. The van der Waals surface area contributed by atoms with Crippen molar-refractivity contribution in [3.05, 3.63) is 59.2 Å². The van der Waals surface area contributed by atoms with E-state index in [4.69, 9.17) is 14.6 Å². The molecule has 2 rings (SSSR count). The van der Waals surface area contributed by atoms with Gasteiger partial charge in [0.15, 0.2) is 11.5 Å². The number of carboxylic acids is 1. The van der Waals surface area contributed by atoms with E-state index in [0.717, 1.165) is 12.1 Å². The van der Waals surface area contributed by atoms with Crippen molar-refractivity contribution in [1.29, 1.82) is 0 Å². The van der Waals surface area contributed by atoms with Crippen LogP contribution >= 0.6 is 0 Å². The van der Waals surface area contributed by atoms with Gasteiger partial charge in [0.1, 0.15) is 6.61 Å². The van der Waals surface area contributed by atoms with Gasteiger partial charge in [0.25, 0.3) is 0 Å². The fourth-order valence-corrected chi connectivity index (χ4v) is 1.87. The van der Waals surface area contributed by atoms with Crippen LogP contribution in [-0.2, 0) is 12.8 Å². The first-order valence-electron chi connectivity index (χ1n) is 6.51. The van der Waals surface area contributed by atoms with Gasteiger partial charge >= 0.3 is 12.1 Å². The van der Waals surface area contributed by atoms with E-state index in [1.165, 1.54) is 37.4 Å². The number of rotatable bonds is 5. The van der Waals surface area contributed by atoms with E-state index in [9.17, 15) is 18.0 Å². The smallest absolute Gasteiger partial charge is 0.416 e. The molecule has 0 aromatic heterocycles. The zero-order valence-electron chi connectivity index (χ0n) is 12.1. The molecule has 0 saturated heterocycles.